The van der Waals surface area contributed by atoms with Gasteiger partial charge in [-0.3, -0.25) is 0 Å². The molecule has 1 heterocycles. The van der Waals surface area contributed by atoms with Crippen molar-refractivity contribution in [3.8, 4) is 5.75 Å². The number of likely N-dealkylation sites (tertiary alicyclic amines) is 1. The van der Waals surface area contributed by atoms with E-state index in [1.807, 2.05) is 25.7 Å². The first-order valence-corrected chi connectivity index (χ1v) is 9.85. The summed E-state index contributed by atoms with van der Waals surface area (Å²) in [6.07, 6.45) is 2.18. The van der Waals surface area contributed by atoms with Crippen LogP contribution in [0.5, 0.6) is 5.75 Å². The first-order chi connectivity index (χ1) is 13.2. The Morgan fingerprint density at radius 1 is 1.25 bits per heavy atom. The Morgan fingerprint density at radius 3 is 2.61 bits per heavy atom. The summed E-state index contributed by atoms with van der Waals surface area (Å²) in [7, 11) is 0. The Morgan fingerprint density at radius 2 is 1.96 bits per heavy atom. The van der Waals surface area contributed by atoms with Crippen molar-refractivity contribution in [2.24, 2.45) is 5.92 Å². The van der Waals surface area contributed by atoms with Gasteiger partial charge in [-0.05, 0) is 46.1 Å². The van der Waals surface area contributed by atoms with Gasteiger partial charge in [0.05, 0.1) is 12.7 Å². The molecule has 4 unspecified atom stereocenters. The van der Waals surface area contributed by atoms with Gasteiger partial charge in [-0.15, -0.1) is 0 Å². The van der Waals surface area contributed by atoms with Gasteiger partial charge >= 0.3 is 12.7 Å². The highest BCUT2D eigenvalue weighted by atomic mass is 19.3. The lowest BCUT2D eigenvalue weighted by Gasteiger charge is -2.51. The Labute approximate surface area is 164 Å². The first kappa shape index (κ1) is 20.8. The number of nitrogens with zero attached hydrogens (tertiary/aromatic N) is 1. The molecule has 7 heteroatoms. The number of carbonyl (C=O) groups excluding carboxylic acids is 1. The summed E-state index contributed by atoms with van der Waals surface area (Å²) in [5, 5.41) is 0. The topological polar surface area (TPSA) is 48.0 Å². The fourth-order valence-corrected chi connectivity index (χ4v) is 4.35. The number of halogens is 2. The van der Waals surface area contributed by atoms with Crippen molar-refractivity contribution < 1.29 is 27.8 Å². The molecule has 4 atom stereocenters. The number of benzene rings is 1. The molecule has 1 aliphatic heterocycles. The monoisotopic (exact) mass is 397 g/mol. The average Bonchev–Trinajstić information content (AvgIpc) is 2.91. The van der Waals surface area contributed by atoms with Gasteiger partial charge in [0.25, 0.3) is 0 Å². The third-order valence-corrected chi connectivity index (χ3v) is 5.43. The van der Waals surface area contributed by atoms with Crippen LogP contribution in [0, 0.1) is 5.92 Å². The largest absolute Gasteiger partial charge is 0.444 e. The molecule has 156 valence electrons. The minimum Gasteiger partial charge on any atom is -0.444 e. The van der Waals surface area contributed by atoms with Crippen LogP contribution in [0.15, 0.2) is 24.3 Å². The fourth-order valence-electron chi connectivity index (χ4n) is 4.35. The zero-order chi connectivity index (χ0) is 20.5. The number of hydrogen-bond donors (Lipinski definition) is 0. The summed E-state index contributed by atoms with van der Waals surface area (Å²) in [6, 6.07) is 6.96. The molecule has 1 saturated carbocycles. The first-order valence-electron chi connectivity index (χ1n) is 9.85. The molecule has 1 aliphatic carbocycles. The number of hydrogen-bond acceptors (Lipinski definition) is 4. The molecule has 0 bridgehead atoms. The van der Waals surface area contributed by atoms with E-state index < -0.39 is 12.2 Å². The molecule has 1 aromatic rings. The Kier molecular flexibility index (Phi) is 6.12. The lowest BCUT2D eigenvalue weighted by molar-refractivity contribution is -0.0585. The van der Waals surface area contributed by atoms with Crippen molar-refractivity contribution in [3.63, 3.8) is 0 Å². The van der Waals surface area contributed by atoms with Gasteiger partial charge in [-0.1, -0.05) is 25.1 Å². The summed E-state index contributed by atoms with van der Waals surface area (Å²) in [5.41, 5.74) is 0.0710. The second kappa shape index (κ2) is 8.23. The lowest BCUT2D eigenvalue weighted by atomic mass is 9.81. The SMILES string of the molecule is CCC1C2CC(OCc3ccccc3OC(F)F)CC2N1C(=O)OC(C)(C)C. The molecule has 2 aliphatic rings. The van der Waals surface area contributed by atoms with E-state index in [2.05, 4.69) is 11.7 Å². The number of carbonyl (C=O) groups is 1. The van der Waals surface area contributed by atoms with E-state index in [1.54, 1.807) is 18.2 Å². The molecule has 28 heavy (non-hydrogen) atoms. The van der Waals surface area contributed by atoms with Crippen LogP contribution in [0.1, 0.15) is 52.5 Å². The van der Waals surface area contributed by atoms with Crippen LogP contribution in [-0.4, -0.2) is 41.4 Å². The van der Waals surface area contributed by atoms with Crippen molar-refractivity contribution >= 4 is 6.09 Å². The van der Waals surface area contributed by atoms with E-state index in [0.29, 0.717) is 11.5 Å². The van der Waals surface area contributed by atoms with Crippen molar-refractivity contribution in [1.82, 2.24) is 4.90 Å². The van der Waals surface area contributed by atoms with Crippen molar-refractivity contribution in [2.45, 2.75) is 84.0 Å². The van der Waals surface area contributed by atoms with Gasteiger partial charge in [0.15, 0.2) is 0 Å². The van der Waals surface area contributed by atoms with Crippen molar-refractivity contribution in [1.29, 1.82) is 0 Å². The van der Waals surface area contributed by atoms with Gasteiger partial charge in [0, 0.05) is 23.6 Å². The number of para-hydroxylation sites is 1. The number of alkyl halides is 2. The minimum atomic E-state index is -2.86. The van der Waals surface area contributed by atoms with E-state index in [9.17, 15) is 13.6 Å². The van der Waals surface area contributed by atoms with Crippen LogP contribution in [0.2, 0.25) is 0 Å². The predicted molar refractivity (Wildman–Crippen MR) is 100 cm³/mol. The molecule has 0 aromatic heterocycles. The van der Waals surface area contributed by atoms with E-state index in [-0.39, 0.29) is 36.6 Å². The summed E-state index contributed by atoms with van der Waals surface area (Å²) >= 11 is 0. The van der Waals surface area contributed by atoms with Crippen LogP contribution >= 0.6 is 0 Å². The van der Waals surface area contributed by atoms with Crippen LogP contribution < -0.4 is 4.74 Å². The van der Waals surface area contributed by atoms with Gasteiger partial charge in [0.2, 0.25) is 0 Å². The van der Waals surface area contributed by atoms with Gasteiger partial charge in [-0.25, -0.2) is 4.79 Å². The maximum absolute atomic E-state index is 12.6. The standard InChI is InChI=1S/C21H29F2NO4/c1-5-16-15-10-14(11-17(15)24(16)20(25)28-21(2,3)4)26-12-13-8-6-7-9-18(13)27-19(22)23/h6-9,14-17,19H,5,10-12H2,1-4H3. The molecule has 1 amide bonds. The highest BCUT2D eigenvalue weighted by Gasteiger charge is 2.56. The third kappa shape index (κ3) is 4.57. The highest BCUT2D eigenvalue weighted by molar-refractivity contribution is 5.70. The van der Waals surface area contributed by atoms with E-state index in [1.165, 1.54) is 6.07 Å². The summed E-state index contributed by atoms with van der Waals surface area (Å²) in [4.78, 5) is 14.4. The number of rotatable bonds is 6. The van der Waals surface area contributed by atoms with E-state index in [0.717, 1.165) is 19.3 Å². The molecule has 0 radical (unpaired) electrons. The summed E-state index contributed by atoms with van der Waals surface area (Å²) in [6.45, 7) is 5.00. The van der Waals surface area contributed by atoms with Gasteiger partial charge in [0.1, 0.15) is 11.4 Å². The molecule has 1 saturated heterocycles. The molecule has 0 N–H and O–H groups in total. The molecule has 2 fully saturated rings. The number of fused-ring (bicyclic) bond motifs is 1. The minimum absolute atomic E-state index is 0.0175. The molecule has 1 aromatic carbocycles. The van der Waals surface area contributed by atoms with Gasteiger partial charge in [-0.2, -0.15) is 8.78 Å². The normalized spacial score (nSPS) is 26.8. The predicted octanol–water partition coefficient (Wildman–Crippen LogP) is 4.98. The Balaban J connectivity index is 1.59. The van der Waals surface area contributed by atoms with Gasteiger partial charge < -0.3 is 19.1 Å². The number of ether oxygens (including phenoxy) is 3. The van der Waals surface area contributed by atoms with Crippen LogP contribution in [-0.2, 0) is 16.1 Å². The molecule has 5 nitrogen and oxygen atoms in total. The molecular weight excluding hydrogens is 368 g/mol. The fraction of sp³-hybridized carbons (Fsp3) is 0.667. The van der Waals surface area contributed by atoms with E-state index in [4.69, 9.17) is 9.47 Å². The van der Waals surface area contributed by atoms with Crippen LogP contribution in [0.4, 0.5) is 13.6 Å². The Hall–Kier alpha value is -1.89. The van der Waals surface area contributed by atoms with Crippen molar-refractivity contribution in [2.75, 3.05) is 0 Å². The quantitative estimate of drug-likeness (QED) is 0.679. The van der Waals surface area contributed by atoms with Crippen molar-refractivity contribution in [3.05, 3.63) is 29.8 Å². The van der Waals surface area contributed by atoms with Crippen LogP contribution in [0.25, 0.3) is 0 Å². The average molecular weight is 397 g/mol. The third-order valence-electron chi connectivity index (χ3n) is 5.43. The summed E-state index contributed by atoms with van der Waals surface area (Å²) in [5.74, 6) is 0.537. The number of amides is 1. The van der Waals surface area contributed by atoms with E-state index >= 15 is 0 Å². The smallest absolute Gasteiger partial charge is 0.410 e. The Bertz CT molecular complexity index is 691. The maximum Gasteiger partial charge on any atom is 0.410 e. The molecular formula is C21H29F2NO4. The van der Waals surface area contributed by atoms with Crippen LogP contribution in [0.3, 0.4) is 0 Å². The zero-order valence-electron chi connectivity index (χ0n) is 16.9. The second-order valence-corrected chi connectivity index (χ2v) is 8.49. The highest BCUT2D eigenvalue weighted by Crippen LogP contribution is 2.47. The molecule has 0 spiro atoms. The summed E-state index contributed by atoms with van der Waals surface area (Å²) < 4.78 is 41.2. The lowest BCUT2D eigenvalue weighted by Crippen LogP contribution is -2.64. The maximum atomic E-state index is 12.6. The molecule has 3 rings (SSSR count). The zero-order valence-corrected chi connectivity index (χ0v) is 16.9. The second-order valence-electron chi connectivity index (χ2n) is 8.49.